The first kappa shape index (κ1) is 21.6. The first-order valence-electron chi connectivity index (χ1n) is 8.19. The zero-order valence-electron chi connectivity index (χ0n) is 15.6. The van der Waals surface area contributed by atoms with Gasteiger partial charge in [-0.25, -0.2) is 4.79 Å². The molecule has 0 bridgehead atoms. The highest BCUT2D eigenvalue weighted by atomic mass is 19.3. The van der Waals surface area contributed by atoms with Crippen molar-refractivity contribution in [3.05, 3.63) is 53.6 Å². The van der Waals surface area contributed by atoms with Gasteiger partial charge < -0.3 is 24.4 Å². The largest absolute Gasteiger partial charge is 0.493 e. The molecule has 0 atom stereocenters. The molecule has 2 aromatic rings. The van der Waals surface area contributed by atoms with Crippen LogP contribution in [-0.4, -0.2) is 45.5 Å². The van der Waals surface area contributed by atoms with E-state index in [9.17, 15) is 18.4 Å². The number of carbonyl (C=O) groups is 2. The Hall–Kier alpha value is -3.69. The summed E-state index contributed by atoms with van der Waals surface area (Å²) in [6.07, 6.45) is 1.28. The van der Waals surface area contributed by atoms with Gasteiger partial charge in [0.1, 0.15) is 0 Å². The van der Waals surface area contributed by atoms with Crippen molar-refractivity contribution >= 4 is 23.8 Å². The molecule has 0 aromatic heterocycles. The fourth-order valence-corrected chi connectivity index (χ4v) is 2.16. The fraction of sp³-hybridized carbons (Fsp3) is 0.211. The molecule has 0 aliphatic rings. The van der Waals surface area contributed by atoms with Crippen LogP contribution in [-0.2, 0) is 14.4 Å². The molecule has 8 nitrogen and oxygen atoms in total. The number of nitrogens with one attached hydrogen (secondary N) is 1. The third-order valence-electron chi connectivity index (χ3n) is 3.47. The van der Waals surface area contributed by atoms with E-state index in [0.29, 0.717) is 16.8 Å². The molecule has 1 amide bonds. The maximum atomic E-state index is 12.3. The predicted octanol–water partition coefficient (Wildman–Crippen LogP) is 3.07. The highest BCUT2D eigenvalue weighted by Crippen LogP contribution is 2.28. The molecular formula is C19H18F2N2O6. The van der Waals surface area contributed by atoms with E-state index < -0.39 is 18.5 Å². The van der Waals surface area contributed by atoms with Crippen LogP contribution in [0.2, 0.25) is 0 Å². The van der Waals surface area contributed by atoms with Gasteiger partial charge in [0.15, 0.2) is 18.1 Å². The van der Waals surface area contributed by atoms with Gasteiger partial charge in [-0.3, -0.25) is 4.79 Å². The number of oxime groups is 1. The number of rotatable bonds is 9. The lowest BCUT2D eigenvalue weighted by Crippen LogP contribution is -2.17. The number of halogens is 2. The number of hydrogen-bond acceptors (Lipinski definition) is 7. The Bertz CT molecular complexity index is 872. The van der Waals surface area contributed by atoms with E-state index >= 15 is 0 Å². The topological polar surface area (TPSA) is 95.5 Å². The second-order valence-corrected chi connectivity index (χ2v) is 5.41. The summed E-state index contributed by atoms with van der Waals surface area (Å²) in [5.74, 6) is -0.960. The predicted molar refractivity (Wildman–Crippen MR) is 99.6 cm³/mol. The number of methoxy groups -OCH3 is 2. The van der Waals surface area contributed by atoms with Gasteiger partial charge in [0.05, 0.1) is 26.0 Å². The molecular weight excluding hydrogens is 390 g/mol. The van der Waals surface area contributed by atoms with Gasteiger partial charge >= 0.3 is 12.6 Å². The van der Waals surface area contributed by atoms with Crippen LogP contribution in [0.3, 0.4) is 0 Å². The second-order valence-electron chi connectivity index (χ2n) is 5.41. The maximum absolute atomic E-state index is 12.3. The Labute approximate surface area is 165 Å². The van der Waals surface area contributed by atoms with Crippen molar-refractivity contribution in [2.24, 2.45) is 5.16 Å². The van der Waals surface area contributed by atoms with E-state index in [1.807, 2.05) is 0 Å². The van der Waals surface area contributed by atoms with Crippen LogP contribution in [0.15, 0.2) is 47.6 Å². The molecule has 0 fully saturated rings. The van der Waals surface area contributed by atoms with Crippen molar-refractivity contribution in [3.63, 3.8) is 0 Å². The first-order chi connectivity index (χ1) is 13.9. The average molecular weight is 408 g/mol. The summed E-state index contributed by atoms with van der Waals surface area (Å²) in [5, 5.41) is 6.22. The van der Waals surface area contributed by atoms with Crippen LogP contribution < -0.4 is 14.8 Å². The SMILES string of the molecule is COC(=O)c1ccc(NC(=O)CO/N=C/c2ccc(OC(F)F)c(OC)c2)cc1. The number of hydrogen-bond donors (Lipinski definition) is 1. The van der Waals surface area contributed by atoms with Gasteiger partial charge in [-0.05, 0) is 42.5 Å². The molecule has 29 heavy (non-hydrogen) atoms. The van der Waals surface area contributed by atoms with E-state index in [1.54, 1.807) is 12.1 Å². The molecule has 0 heterocycles. The summed E-state index contributed by atoms with van der Waals surface area (Å²) in [4.78, 5) is 28.1. The first-order valence-corrected chi connectivity index (χ1v) is 8.19. The van der Waals surface area contributed by atoms with Crippen molar-refractivity contribution < 1.29 is 37.4 Å². The summed E-state index contributed by atoms with van der Waals surface area (Å²) in [5.41, 5.74) is 1.31. The lowest BCUT2D eigenvalue weighted by molar-refractivity contribution is -0.120. The van der Waals surface area contributed by atoms with Gasteiger partial charge in [0.2, 0.25) is 0 Å². The summed E-state index contributed by atoms with van der Waals surface area (Å²) in [6.45, 7) is -3.33. The number of benzene rings is 2. The Morgan fingerprint density at radius 2 is 1.83 bits per heavy atom. The zero-order chi connectivity index (χ0) is 21.2. The van der Waals surface area contributed by atoms with Crippen LogP contribution in [0, 0.1) is 0 Å². The summed E-state index contributed by atoms with van der Waals surface area (Å²) in [7, 11) is 2.59. The smallest absolute Gasteiger partial charge is 0.387 e. The lowest BCUT2D eigenvalue weighted by atomic mass is 10.2. The quantitative estimate of drug-likeness (QED) is 0.389. The van der Waals surface area contributed by atoms with Gasteiger partial charge in [0.25, 0.3) is 5.91 Å². The van der Waals surface area contributed by atoms with Crippen LogP contribution in [0.25, 0.3) is 0 Å². The maximum Gasteiger partial charge on any atom is 0.387 e. The number of carbonyl (C=O) groups excluding carboxylic acids is 2. The van der Waals surface area contributed by atoms with E-state index in [-0.39, 0.29) is 18.1 Å². The van der Waals surface area contributed by atoms with E-state index in [0.717, 1.165) is 0 Å². The molecule has 0 saturated heterocycles. The van der Waals surface area contributed by atoms with Gasteiger partial charge in [-0.1, -0.05) is 5.16 Å². The second kappa shape index (κ2) is 10.6. The van der Waals surface area contributed by atoms with Crippen molar-refractivity contribution in [1.82, 2.24) is 0 Å². The van der Waals surface area contributed by atoms with Crippen LogP contribution >= 0.6 is 0 Å². The molecule has 2 aromatic carbocycles. The number of ether oxygens (including phenoxy) is 3. The Morgan fingerprint density at radius 3 is 2.45 bits per heavy atom. The molecule has 2 rings (SSSR count). The summed E-state index contributed by atoms with van der Waals surface area (Å²) >= 11 is 0. The van der Waals surface area contributed by atoms with Gasteiger partial charge in [-0.2, -0.15) is 8.78 Å². The fourth-order valence-electron chi connectivity index (χ4n) is 2.16. The lowest BCUT2D eigenvalue weighted by Gasteiger charge is -2.09. The third-order valence-corrected chi connectivity index (χ3v) is 3.47. The number of anilines is 1. The number of alkyl halides is 2. The van der Waals surface area contributed by atoms with E-state index in [1.165, 1.54) is 50.8 Å². The van der Waals surface area contributed by atoms with Gasteiger partial charge in [0, 0.05) is 11.3 Å². The molecule has 154 valence electrons. The summed E-state index contributed by atoms with van der Waals surface area (Å²) < 4.78 is 38.5. The normalized spacial score (nSPS) is 10.7. The molecule has 0 aliphatic heterocycles. The highest BCUT2D eigenvalue weighted by molar-refractivity contribution is 5.93. The average Bonchev–Trinajstić information content (AvgIpc) is 2.71. The molecule has 0 spiro atoms. The van der Waals surface area contributed by atoms with Crippen LogP contribution in [0.5, 0.6) is 11.5 Å². The third kappa shape index (κ3) is 6.76. The highest BCUT2D eigenvalue weighted by Gasteiger charge is 2.11. The van der Waals surface area contributed by atoms with Gasteiger partial charge in [-0.15, -0.1) is 0 Å². The van der Waals surface area contributed by atoms with Crippen LogP contribution in [0.1, 0.15) is 15.9 Å². The van der Waals surface area contributed by atoms with E-state index in [2.05, 4.69) is 19.9 Å². The summed E-state index contributed by atoms with van der Waals surface area (Å²) in [6, 6.07) is 10.3. The minimum Gasteiger partial charge on any atom is -0.493 e. The Morgan fingerprint density at radius 1 is 1.10 bits per heavy atom. The monoisotopic (exact) mass is 408 g/mol. The number of nitrogens with zero attached hydrogens (tertiary/aromatic N) is 1. The Kier molecular flexibility index (Phi) is 7.89. The minimum atomic E-state index is -2.97. The van der Waals surface area contributed by atoms with E-state index in [4.69, 9.17) is 9.57 Å². The molecule has 1 N–H and O–H groups in total. The van der Waals surface area contributed by atoms with Crippen molar-refractivity contribution in [2.75, 3.05) is 26.1 Å². The van der Waals surface area contributed by atoms with Crippen LogP contribution in [0.4, 0.5) is 14.5 Å². The molecule has 0 unspecified atom stereocenters. The number of esters is 1. The molecule has 0 radical (unpaired) electrons. The molecule has 0 saturated carbocycles. The number of amides is 1. The zero-order valence-corrected chi connectivity index (χ0v) is 15.6. The van der Waals surface area contributed by atoms with Crippen molar-refractivity contribution in [3.8, 4) is 11.5 Å². The molecule has 0 aliphatic carbocycles. The Balaban J connectivity index is 1.85. The standard InChI is InChI=1S/C19H18F2N2O6/c1-26-16-9-12(3-8-15(16)29-19(20)21)10-22-28-11-17(24)23-14-6-4-13(5-7-14)18(25)27-2/h3-10,19H,11H2,1-2H3,(H,23,24)/b22-10+. The molecule has 10 heteroatoms. The van der Waals surface area contributed by atoms with Crippen molar-refractivity contribution in [2.45, 2.75) is 6.61 Å². The minimum absolute atomic E-state index is 0.0994. The van der Waals surface area contributed by atoms with Crippen molar-refractivity contribution in [1.29, 1.82) is 0 Å².